The van der Waals surface area contributed by atoms with Gasteiger partial charge < -0.3 is 20.4 Å². The van der Waals surface area contributed by atoms with Crippen LogP contribution in [0.4, 0.5) is 4.39 Å². The maximum Gasteiger partial charge on any atom is 0.262 e. The topological polar surface area (TPSA) is 85.7 Å². The van der Waals surface area contributed by atoms with Gasteiger partial charge in [0, 0.05) is 41.4 Å². The summed E-state index contributed by atoms with van der Waals surface area (Å²) < 4.78 is 16.0. The van der Waals surface area contributed by atoms with Gasteiger partial charge in [-0.3, -0.25) is 9.78 Å². The van der Waals surface area contributed by atoms with E-state index in [4.69, 9.17) is 28.3 Å². The zero-order valence-corrected chi connectivity index (χ0v) is 18.0. The summed E-state index contributed by atoms with van der Waals surface area (Å²) in [5.74, 6) is -0.812. The molecule has 0 unspecified atom stereocenters. The number of hydrogen-bond acceptors (Lipinski definition) is 5. The number of halogens is 3. The molecule has 1 aliphatic carbocycles. The van der Waals surface area contributed by atoms with E-state index in [1.165, 1.54) is 12.3 Å². The molecule has 0 aliphatic heterocycles. The van der Waals surface area contributed by atoms with Crippen LogP contribution < -0.4 is 5.32 Å². The zero-order valence-electron chi connectivity index (χ0n) is 16.5. The summed E-state index contributed by atoms with van der Waals surface area (Å²) in [5, 5.41) is 23.8. The number of nitrogens with zero attached hydrogens (tertiary/aromatic N) is 2. The molecule has 2 aromatic rings. The molecule has 3 N–H and O–H groups in total. The Hall–Kier alpha value is -1.77. The third-order valence-corrected chi connectivity index (χ3v) is 5.97. The summed E-state index contributed by atoms with van der Waals surface area (Å²) in [7, 11) is 1.75. The highest BCUT2D eigenvalue weighted by Crippen LogP contribution is 2.45. The quantitative estimate of drug-likeness (QED) is 0.597. The van der Waals surface area contributed by atoms with Gasteiger partial charge in [0.1, 0.15) is 5.60 Å². The van der Waals surface area contributed by atoms with Gasteiger partial charge in [0.05, 0.1) is 12.3 Å². The molecule has 0 fully saturated rings. The smallest absolute Gasteiger partial charge is 0.262 e. The molecule has 30 heavy (non-hydrogen) atoms. The molecule has 0 radical (unpaired) electrons. The van der Waals surface area contributed by atoms with Crippen molar-refractivity contribution in [2.75, 3.05) is 26.7 Å². The Balaban J connectivity index is 1.83. The Morgan fingerprint density at radius 1 is 1.33 bits per heavy atom. The first kappa shape index (κ1) is 22.9. The number of fused-ring (bicyclic) bond motifs is 1. The van der Waals surface area contributed by atoms with Crippen molar-refractivity contribution >= 4 is 29.1 Å². The summed E-state index contributed by atoms with van der Waals surface area (Å²) in [5.41, 5.74) is -2.94. The maximum absolute atomic E-state index is 16.0. The lowest BCUT2D eigenvalue weighted by atomic mass is 9.74. The highest BCUT2D eigenvalue weighted by molar-refractivity contribution is 6.35. The average Bonchev–Trinajstić information content (AvgIpc) is 2.70. The molecular formula is C21H24Cl2FN3O3. The lowest BCUT2D eigenvalue weighted by molar-refractivity contribution is -0.137. The number of carbonyl (C=O) groups excluding carboxylic acids is 1. The minimum atomic E-state index is -2.33. The van der Waals surface area contributed by atoms with Gasteiger partial charge in [-0.05, 0) is 43.7 Å². The largest absolute Gasteiger partial charge is 0.395 e. The molecule has 1 aromatic heterocycles. The highest BCUT2D eigenvalue weighted by Gasteiger charge is 2.52. The summed E-state index contributed by atoms with van der Waals surface area (Å²) in [6.07, 6.45) is 1.28. The van der Waals surface area contributed by atoms with Gasteiger partial charge in [0.15, 0.2) is 0 Å². The number of hydrogen-bond donors (Lipinski definition) is 3. The van der Waals surface area contributed by atoms with Crippen molar-refractivity contribution in [1.29, 1.82) is 0 Å². The number of pyridine rings is 1. The highest BCUT2D eigenvalue weighted by atomic mass is 35.5. The Kier molecular flexibility index (Phi) is 6.99. The minimum Gasteiger partial charge on any atom is -0.395 e. The molecule has 0 spiro atoms. The number of nitrogens with one attached hydrogen (secondary N) is 1. The SMILES string of the molecule is CN(CCO)C[C@]1(O)CC[C@@](F)(C(=O)NCc2ccc(Cl)cc2Cl)c2cccnc21. The fourth-order valence-electron chi connectivity index (χ4n) is 3.79. The van der Waals surface area contributed by atoms with Crippen molar-refractivity contribution in [2.24, 2.45) is 0 Å². The molecular weight excluding hydrogens is 432 g/mol. The van der Waals surface area contributed by atoms with E-state index in [0.717, 1.165) is 0 Å². The summed E-state index contributed by atoms with van der Waals surface area (Å²) in [4.78, 5) is 18.8. The molecule has 0 saturated heterocycles. The van der Waals surface area contributed by atoms with Gasteiger partial charge in [-0.25, -0.2) is 4.39 Å². The van der Waals surface area contributed by atoms with Crippen molar-refractivity contribution < 1.29 is 19.4 Å². The second kappa shape index (κ2) is 9.16. The van der Waals surface area contributed by atoms with Crippen LogP contribution in [0.2, 0.25) is 10.0 Å². The fraction of sp³-hybridized carbons (Fsp3) is 0.429. The number of aliphatic hydroxyl groups excluding tert-OH is 1. The zero-order chi connectivity index (χ0) is 21.9. The number of likely N-dealkylation sites (N-methyl/N-ethyl adjacent to an activating group) is 1. The van der Waals surface area contributed by atoms with Crippen LogP contribution in [-0.4, -0.2) is 52.7 Å². The molecule has 2 atom stereocenters. The number of benzene rings is 1. The van der Waals surface area contributed by atoms with Gasteiger partial charge in [0.25, 0.3) is 5.91 Å². The maximum atomic E-state index is 16.0. The Labute approximate surface area is 184 Å². The van der Waals surface area contributed by atoms with Crippen LogP contribution >= 0.6 is 23.2 Å². The normalized spacial score (nSPS) is 23.3. The average molecular weight is 456 g/mol. The third kappa shape index (κ3) is 4.60. The van der Waals surface area contributed by atoms with E-state index in [-0.39, 0.29) is 43.8 Å². The van der Waals surface area contributed by atoms with Gasteiger partial charge in [-0.15, -0.1) is 0 Å². The number of amides is 1. The summed E-state index contributed by atoms with van der Waals surface area (Å²) in [6, 6.07) is 7.89. The van der Waals surface area contributed by atoms with Gasteiger partial charge >= 0.3 is 0 Å². The predicted molar refractivity (Wildman–Crippen MR) is 113 cm³/mol. The molecule has 1 amide bonds. The van der Waals surface area contributed by atoms with E-state index >= 15 is 4.39 Å². The van der Waals surface area contributed by atoms with E-state index in [2.05, 4.69) is 10.3 Å². The number of alkyl halides is 1. The number of rotatable bonds is 7. The standard InChI is InChI=1S/C21H24Cl2FN3O3/c1-27(9-10-28)13-20(30)6-7-21(24,16-3-2-8-25-18(16)20)19(29)26-12-14-4-5-15(22)11-17(14)23/h2-5,8,11,28,30H,6-7,9-10,12-13H2,1H3,(H,26,29)/t20-,21+/m1/s1. The Bertz CT molecular complexity index is 932. The molecule has 6 nitrogen and oxygen atoms in total. The van der Waals surface area contributed by atoms with E-state index < -0.39 is 17.2 Å². The molecule has 0 saturated carbocycles. The van der Waals surface area contributed by atoms with E-state index in [0.29, 0.717) is 22.2 Å². The minimum absolute atomic E-state index is 0.0123. The first-order valence-corrected chi connectivity index (χ1v) is 10.3. The molecule has 3 rings (SSSR count). The van der Waals surface area contributed by atoms with Crippen LogP contribution in [0.25, 0.3) is 0 Å². The molecule has 1 heterocycles. The summed E-state index contributed by atoms with van der Waals surface area (Å²) in [6.45, 7) is 0.493. The van der Waals surface area contributed by atoms with Crippen LogP contribution in [0.1, 0.15) is 29.7 Å². The predicted octanol–water partition coefficient (Wildman–Crippen LogP) is 2.78. The second-order valence-electron chi connectivity index (χ2n) is 7.61. The number of aromatic nitrogens is 1. The van der Waals surface area contributed by atoms with Crippen LogP contribution in [0, 0.1) is 0 Å². The van der Waals surface area contributed by atoms with Crippen molar-refractivity contribution in [3.63, 3.8) is 0 Å². The third-order valence-electron chi connectivity index (χ3n) is 5.39. The van der Waals surface area contributed by atoms with Gasteiger partial charge in [0.2, 0.25) is 5.67 Å². The van der Waals surface area contributed by atoms with Crippen molar-refractivity contribution in [3.8, 4) is 0 Å². The van der Waals surface area contributed by atoms with Crippen molar-refractivity contribution in [3.05, 3.63) is 63.4 Å². The van der Waals surface area contributed by atoms with E-state index in [1.54, 1.807) is 36.2 Å². The lowest BCUT2D eigenvalue weighted by Gasteiger charge is -2.41. The van der Waals surface area contributed by atoms with Crippen molar-refractivity contribution in [2.45, 2.75) is 30.7 Å². The van der Waals surface area contributed by atoms with Crippen molar-refractivity contribution in [1.82, 2.24) is 15.2 Å². The Morgan fingerprint density at radius 2 is 2.10 bits per heavy atom. The van der Waals surface area contributed by atoms with Crippen LogP contribution in [0.3, 0.4) is 0 Å². The number of aliphatic hydroxyl groups is 2. The fourth-order valence-corrected chi connectivity index (χ4v) is 4.27. The van der Waals surface area contributed by atoms with Gasteiger partial charge in [-0.1, -0.05) is 35.3 Å². The molecule has 9 heteroatoms. The Morgan fingerprint density at radius 3 is 2.80 bits per heavy atom. The van der Waals surface area contributed by atoms with E-state index in [9.17, 15) is 9.90 Å². The lowest BCUT2D eigenvalue weighted by Crippen LogP contribution is -2.51. The molecule has 0 bridgehead atoms. The van der Waals surface area contributed by atoms with E-state index in [1.807, 2.05) is 0 Å². The molecule has 1 aliphatic rings. The first-order chi connectivity index (χ1) is 14.2. The monoisotopic (exact) mass is 455 g/mol. The summed E-state index contributed by atoms with van der Waals surface area (Å²) >= 11 is 12.0. The van der Waals surface area contributed by atoms with Crippen LogP contribution in [0.15, 0.2) is 36.5 Å². The molecule has 1 aromatic carbocycles. The molecule has 162 valence electrons. The number of carbonyl (C=O) groups is 1. The van der Waals surface area contributed by atoms with Gasteiger partial charge in [-0.2, -0.15) is 0 Å². The second-order valence-corrected chi connectivity index (χ2v) is 8.46. The first-order valence-electron chi connectivity index (χ1n) is 9.58. The van der Waals surface area contributed by atoms with Crippen LogP contribution in [0.5, 0.6) is 0 Å². The van der Waals surface area contributed by atoms with Crippen LogP contribution in [-0.2, 0) is 22.6 Å².